The number of carbonyl (C=O) groups excluding carboxylic acids is 2. The Morgan fingerprint density at radius 1 is 1.25 bits per heavy atom. The fraction of sp³-hybridized carbons (Fsp3) is 0.522. The molecular weight excluding hydrogens is 448 g/mol. The van der Waals surface area contributed by atoms with Gasteiger partial charge in [0.15, 0.2) is 0 Å². The van der Waals surface area contributed by atoms with Crippen molar-refractivity contribution in [3.05, 3.63) is 45.2 Å². The van der Waals surface area contributed by atoms with Crippen LogP contribution in [0.1, 0.15) is 61.3 Å². The zero-order valence-electron chi connectivity index (χ0n) is 19.0. The van der Waals surface area contributed by atoms with Crippen LogP contribution in [0.15, 0.2) is 30.5 Å². The highest BCUT2D eigenvalue weighted by atomic mass is 35.5. The minimum atomic E-state index is -0.255. The molecule has 3 amide bonds. The molecular formula is C23H31ClN4O3S. The number of aromatic nitrogens is 1. The Kier molecular flexibility index (Phi) is 8.00. The van der Waals surface area contributed by atoms with Crippen LogP contribution in [0.2, 0.25) is 4.34 Å². The van der Waals surface area contributed by atoms with Gasteiger partial charge in [0.25, 0.3) is 5.91 Å². The van der Waals surface area contributed by atoms with E-state index in [1.54, 1.807) is 31.5 Å². The van der Waals surface area contributed by atoms with Gasteiger partial charge in [-0.3, -0.25) is 4.79 Å². The van der Waals surface area contributed by atoms with E-state index in [9.17, 15) is 9.59 Å². The Labute approximate surface area is 198 Å². The standard InChI is InChI=1S/C23H31ClN4O3S/c1-23(2,3)27-22(30)28-11-9-15(10-12-28)13-17(16-5-8-20(31-4)25-14-16)26-21(29)18-6-7-19(24)32-18/h5-8,14-15,17H,9-13H2,1-4H3,(H,26,29)(H,27,30). The summed E-state index contributed by atoms with van der Waals surface area (Å²) < 4.78 is 5.75. The molecule has 1 saturated heterocycles. The molecule has 1 fully saturated rings. The minimum Gasteiger partial charge on any atom is -0.481 e. The van der Waals surface area contributed by atoms with Crippen molar-refractivity contribution in [2.45, 2.75) is 51.6 Å². The summed E-state index contributed by atoms with van der Waals surface area (Å²) in [6, 6.07) is 6.98. The Bertz CT molecular complexity index is 918. The van der Waals surface area contributed by atoms with Gasteiger partial charge < -0.3 is 20.3 Å². The molecule has 0 bridgehead atoms. The Hall–Kier alpha value is -2.32. The fourth-order valence-electron chi connectivity index (χ4n) is 3.77. The van der Waals surface area contributed by atoms with Crippen LogP contribution in [0, 0.1) is 5.92 Å². The second-order valence-corrected chi connectivity index (χ2v) is 10.8. The predicted molar refractivity (Wildman–Crippen MR) is 128 cm³/mol. The number of pyridine rings is 1. The number of nitrogens with zero attached hydrogens (tertiary/aromatic N) is 2. The normalized spacial score (nSPS) is 15.8. The molecule has 1 aliphatic heterocycles. The number of halogens is 1. The van der Waals surface area contributed by atoms with Crippen LogP contribution >= 0.6 is 22.9 Å². The second-order valence-electron chi connectivity index (χ2n) is 9.11. The van der Waals surface area contributed by atoms with Crippen molar-refractivity contribution < 1.29 is 14.3 Å². The van der Waals surface area contributed by atoms with Crippen molar-refractivity contribution >= 4 is 34.9 Å². The monoisotopic (exact) mass is 478 g/mol. The molecule has 0 aliphatic carbocycles. The van der Waals surface area contributed by atoms with Crippen molar-refractivity contribution in [3.63, 3.8) is 0 Å². The third-order valence-corrected chi connectivity index (χ3v) is 6.66. The maximum absolute atomic E-state index is 12.8. The number of ether oxygens (including phenoxy) is 1. The first-order valence-electron chi connectivity index (χ1n) is 10.8. The largest absolute Gasteiger partial charge is 0.481 e. The molecule has 7 nitrogen and oxygen atoms in total. The van der Waals surface area contributed by atoms with Crippen molar-refractivity contribution in [2.75, 3.05) is 20.2 Å². The summed E-state index contributed by atoms with van der Waals surface area (Å²) in [4.78, 5) is 32.0. The summed E-state index contributed by atoms with van der Waals surface area (Å²) in [5.41, 5.74) is 0.671. The van der Waals surface area contributed by atoms with Crippen LogP contribution in [-0.4, -0.2) is 47.6 Å². The highest BCUT2D eigenvalue weighted by Gasteiger charge is 2.28. The van der Waals surface area contributed by atoms with E-state index in [1.165, 1.54) is 11.3 Å². The van der Waals surface area contributed by atoms with Crippen LogP contribution in [0.4, 0.5) is 4.79 Å². The molecule has 2 aromatic rings. The van der Waals surface area contributed by atoms with Gasteiger partial charge >= 0.3 is 6.03 Å². The number of nitrogens with one attached hydrogen (secondary N) is 2. The number of piperidine rings is 1. The average molecular weight is 479 g/mol. The Morgan fingerprint density at radius 3 is 2.50 bits per heavy atom. The summed E-state index contributed by atoms with van der Waals surface area (Å²) in [6.07, 6.45) is 4.29. The number of hydrogen-bond acceptors (Lipinski definition) is 5. The quantitative estimate of drug-likeness (QED) is 0.619. The minimum absolute atomic E-state index is 0.0188. The highest BCUT2D eigenvalue weighted by molar-refractivity contribution is 7.18. The van der Waals surface area contributed by atoms with Gasteiger partial charge in [-0.15, -0.1) is 11.3 Å². The molecule has 0 spiro atoms. The number of urea groups is 1. The van der Waals surface area contributed by atoms with Gasteiger partial charge in [-0.25, -0.2) is 9.78 Å². The molecule has 1 unspecified atom stereocenters. The van der Waals surface area contributed by atoms with E-state index in [0.29, 0.717) is 34.1 Å². The summed E-state index contributed by atoms with van der Waals surface area (Å²) in [6.45, 7) is 7.35. The lowest BCUT2D eigenvalue weighted by molar-refractivity contribution is 0.0930. The van der Waals surface area contributed by atoms with E-state index in [4.69, 9.17) is 16.3 Å². The molecule has 1 atom stereocenters. The third-order valence-electron chi connectivity index (χ3n) is 5.43. The lowest BCUT2D eigenvalue weighted by Gasteiger charge is -2.35. The fourth-order valence-corrected chi connectivity index (χ4v) is 4.71. The topological polar surface area (TPSA) is 83.6 Å². The van der Waals surface area contributed by atoms with Crippen molar-refractivity contribution in [2.24, 2.45) is 5.92 Å². The Balaban J connectivity index is 1.66. The number of likely N-dealkylation sites (tertiary alicyclic amines) is 1. The Morgan fingerprint density at radius 2 is 1.97 bits per heavy atom. The number of thiophene rings is 1. The summed E-state index contributed by atoms with van der Waals surface area (Å²) in [5.74, 6) is 0.764. The summed E-state index contributed by atoms with van der Waals surface area (Å²) >= 11 is 7.26. The highest BCUT2D eigenvalue weighted by Crippen LogP contribution is 2.30. The molecule has 0 aromatic carbocycles. The first-order valence-corrected chi connectivity index (χ1v) is 12.0. The van der Waals surface area contributed by atoms with Crippen LogP contribution < -0.4 is 15.4 Å². The van der Waals surface area contributed by atoms with Gasteiger partial charge in [0.2, 0.25) is 5.88 Å². The van der Waals surface area contributed by atoms with Gasteiger partial charge in [0.05, 0.1) is 22.4 Å². The van der Waals surface area contributed by atoms with E-state index in [0.717, 1.165) is 24.8 Å². The average Bonchev–Trinajstić information content (AvgIpc) is 3.19. The summed E-state index contributed by atoms with van der Waals surface area (Å²) in [7, 11) is 1.57. The van der Waals surface area contributed by atoms with E-state index < -0.39 is 0 Å². The van der Waals surface area contributed by atoms with Gasteiger partial charge in [-0.1, -0.05) is 17.7 Å². The molecule has 32 heavy (non-hydrogen) atoms. The number of amides is 3. The lowest BCUT2D eigenvalue weighted by Crippen LogP contribution is -2.50. The van der Waals surface area contributed by atoms with Crippen LogP contribution in [-0.2, 0) is 0 Å². The SMILES string of the molecule is COc1ccc(C(CC2CCN(C(=O)NC(C)(C)C)CC2)NC(=O)c2ccc(Cl)s2)cn1. The van der Waals surface area contributed by atoms with Gasteiger partial charge in [0, 0.05) is 30.9 Å². The lowest BCUT2D eigenvalue weighted by atomic mass is 9.88. The van der Waals surface area contributed by atoms with E-state index >= 15 is 0 Å². The second kappa shape index (κ2) is 10.5. The molecule has 2 aromatic heterocycles. The maximum Gasteiger partial charge on any atom is 0.317 e. The van der Waals surface area contributed by atoms with E-state index in [2.05, 4.69) is 15.6 Å². The number of hydrogen-bond donors (Lipinski definition) is 2. The van der Waals surface area contributed by atoms with E-state index in [-0.39, 0.29) is 23.5 Å². The molecule has 1 aliphatic rings. The molecule has 0 saturated carbocycles. The third kappa shape index (κ3) is 6.84. The number of rotatable bonds is 6. The molecule has 2 N–H and O–H groups in total. The van der Waals surface area contributed by atoms with Gasteiger partial charge in [-0.2, -0.15) is 0 Å². The number of methoxy groups -OCH3 is 1. The molecule has 174 valence electrons. The zero-order chi connectivity index (χ0) is 23.3. The molecule has 0 radical (unpaired) electrons. The first kappa shape index (κ1) is 24.3. The van der Waals surface area contributed by atoms with Crippen molar-refractivity contribution in [3.8, 4) is 5.88 Å². The molecule has 9 heteroatoms. The van der Waals surface area contributed by atoms with Crippen LogP contribution in [0.3, 0.4) is 0 Å². The van der Waals surface area contributed by atoms with Crippen LogP contribution in [0.5, 0.6) is 5.88 Å². The van der Waals surface area contributed by atoms with Crippen molar-refractivity contribution in [1.29, 1.82) is 0 Å². The molecule has 3 heterocycles. The van der Waals surface area contributed by atoms with E-state index in [1.807, 2.05) is 31.7 Å². The van der Waals surface area contributed by atoms with Crippen LogP contribution in [0.25, 0.3) is 0 Å². The zero-order valence-corrected chi connectivity index (χ0v) is 20.6. The predicted octanol–water partition coefficient (Wildman–Crippen LogP) is 4.89. The van der Waals surface area contributed by atoms with Gasteiger partial charge in [0.1, 0.15) is 0 Å². The maximum atomic E-state index is 12.8. The number of carbonyl (C=O) groups is 2. The first-order chi connectivity index (χ1) is 15.1. The molecule has 3 rings (SSSR count). The smallest absolute Gasteiger partial charge is 0.317 e. The van der Waals surface area contributed by atoms with Gasteiger partial charge in [-0.05, 0) is 63.6 Å². The van der Waals surface area contributed by atoms with Crippen molar-refractivity contribution in [1.82, 2.24) is 20.5 Å². The summed E-state index contributed by atoms with van der Waals surface area (Å²) in [5, 5.41) is 6.18.